The maximum Gasteiger partial charge on any atom is 0.0187 e. The summed E-state index contributed by atoms with van der Waals surface area (Å²) in [5.41, 5.74) is 2.89. The van der Waals surface area contributed by atoms with Crippen LogP contribution in [0.2, 0.25) is 0 Å². The molecule has 0 atom stereocenters. The predicted molar refractivity (Wildman–Crippen MR) is 79.7 cm³/mol. The number of hydrogen-bond acceptors (Lipinski definition) is 2. The van der Waals surface area contributed by atoms with Gasteiger partial charge in [0.05, 0.1) is 0 Å². The fraction of sp³-hybridized carbons (Fsp3) is 0.600. The lowest BCUT2D eigenvalue weighted by atomic mass is 10.1. The molecule has 0 heterocycles. The molecule has 1 nitrogen and oxygen atoms in total. The first-order chi connectivity index (χ1) is 8.20. The van der Waals surface area contributed by atoms with Crippen LogP contribution in [0.3, 0.4) is 0 Å². The van der Waals surface area contributed by atoms with Gasteiger partial charge in [-0.15, -0.1) is 0 Å². The average Bonchev–Trinajstić information content (AvgIpc) is 2.30. The molecule has 0 aliphatic rings. The maximum absolute atomic E-state index is 3.48. The van der Waals surface area contributed by atoms with Crippen molar-refractivity contribution in [3.05, 3.63) is 35.4 Å². The number of aryl methyl sites for hydroxylation is 1. The van der Waals surface area contributed by atoms with Gasteiger partial charge in [0.1, 0.15) is 0 Å². The van der Waals surface area contributed by atoms with E-state index >= 15 is 0 Å². The molecule has 1 aromatic carbocycles. The van der Waals surface area contributed by atoms with Crippen LogP contribution in [0.4, 0.5) is 0 Å². The van der Waals surface area contributed by atoms with E-state index < -0.39 is 0 Å². The predicted octanol–water partition coefficient (Wildman–Crippen LogP) is 3.86. The Bertz CT molecular complexity index is 310. The lowest BCUT2D eigenvalue weighted by Crippen LogP contribution is -2.21. The van der Waals surface area contributed by atoms with Gasteiger partial charge in [-0.05, 0) is 49.2 Å². The van der Waals surface area contributed by atoms with Gasteiger partial charge in [0.2, 0.25) is 0 Å². The molecular formula is C15H25NS. The minimum Gasteiger partial charge on any atom is -0.316 e. The van der Waals surface area contributed by atoms with Crippen molar-refractivity contribution in [2.45, 2.75) is 32.9 Å². The summed E-state index contributed by atoms with van der Waals surface area (Å²) in [7, 11) is 0. The van der Waals surface area contributed by atoms with Crippen molar-refractivity contribution >= 4 is 11.8 Å². The van der Waals surface area contributed by atoms with E-state index in [-0.39, 0.29) is 0 Å². The zero-order valence-corrected chi connectivity index (χ0v) is 12.1. The third-order valence-electron chi connectivity index (χ3n) is 2.71. The summed E-state index contributed by atoms with van der Waals surface area (Å²) in [5, 5.41) is 3.48. The highest BCUT2D eigenvalue weighted by atomic mass is 32.2. The second-order valence-electron chi connectivity index (χ2n) is 4.93. The van der Waals surface area contributed by atoms with Gasteiger partial charge in [0, 0.05) is 5.75 Å². The molecule has 17 heavy (non-hydrogen) atoms. The van der Waals surface area contributed by atoms with Gasteiger partial charge in [-0.2, -0.15) is 11.8 Å². The Hall–Kier alpha value is -0.470. The van der Waals surface area contributed by atoms with E-state index in [1.807, 2.05) is 11.8 Å². The Morgan fingerprint density at radius 1 is 1.24 bits per heavy atom. The highest BCUT2D eigenvalue weighted by Crippen LogP contribution is 2.16. The van der Waals surface area contributed by atoms with Crippen molar-refractivity contribution in [2.75, 3.05) is 18.8 Å². The molecule has 0 aliphatic carbocycles. The van der Waals surface area contributed by atoms with Crippen LogP contribution in [0.15, 0.2) is 24.3 Å². The third-order valence-corrected chi connectivity index (χ3v) is 3.81. The molecular weight excluding hydrogens is 226 g/mol. The Kier molecular flexibility index (Phi) is 7.38. The van der Waals surface area contributed by atoms with Gasteiger partial charge >= 0.3 is 0 Å². The molecule has 0 unspecified atom stereocenters. The monoisotopic (exact) mass is 251 g/mol. The SMILES string of the molecule is Cc1ccccc1CSCCCNCC(C)C. The van der Waals surface area contributed by atoms with Gasteiger partial charge < -0.3 is 5.32 Å². The molecule has 0 saturated carbocycles. The first-order valence-corrected chi connectivity index (χ1v) is 7.68. The second kappa shape index (κ2) is 8.60. The molecule has 0 amide bonds. The Morgan fingerprint density at radius 2 is 2.00 bits per heavy atom. The minimum atomic E-state index is 0.759. The zero-order chi connectivity index (χ0) is 12.5. The van der Waals surface area contributed by atoms with E-state index in [0.29, 0.717) is 0 Å². The van der Waals surface area contributed by atoms with E-state index in [0.717, 1.165) is 24.8 Å². The molecule has 0 saturated heterocycles. The van der Waals surface area contributed by atoms with Crippen LogP contribution in [-0.2, 0) is 5.75 Å². The van der Waals surface area contributed by atoms with Gasteiger partial charge in [0.15, 0.2) is 0 Å². The quantitative estimate of drug-likeness (QED) is 0.704. The summed E-state index contributed by atoms with van der Waals surface area (Å²) >= 11 is 2.04. The number of hydrogen-bond donors (Lipinski definition) is 1. The summed E-state index contributed by atoms with van der Waals surface area (Å²) in [6.07, 6.45) is 1.27. The molecule has 0 radical (unpaired) electrons. The second-order valence-corrected chi connectivity index (χ2v) is 6.04. The van der Waals surface area contributed by atoms with Crippen molar-refractivity contribution in [2.24, 2.45) is 5.92 Å². The fourth-order valence-corrected chi connectivity index (χ4v) is 2.68. The van der Waals surface area contributed by atoms with Gasteiger partial charge in [-0.3, -0.25) is 0 Å². The normalized spacial score (nSPS) is 11.1. The van der Waals surface area contributed by atoms with Crippen LogP contribution in [-0.4, -0.2) is 18.8 Å². The molecule has 0 spiro atoms. The third kappa shape index (κ3) is 6.75. The molecule has 0 aromatic heterocycles. The van der Waals surface area contributed by atoms with Crippen LogP contribution >= 0.6 is 11.8 Å². The summed E-state index contributed by atoms with van der Waals surface area (Å²) in [6.45, 7) is 8.99. The van der Waals surface area contributed by atoms with Gasteiger partial charge in [-0.25, -0.2) is 0 Å². The van der Waals surface area contributed by atoms with Crippen molar-refractivity contribution in [3.8, 4) is 0 Å². The summed E-state index contributed by atoms with van der Waals surface area (Å²) in [6, 6.07) is 8.67. The largest absolute Gasteiger partial charge is 0.316 e. The smallest absolute Gasteiger partial charge is 0.0187 e. The first-order valence-electron chi connectivity index (χ1n) is 6.53. The molecule has 1 aromatic rings. The van der Waals surface area contributed by atoms with Crippen LogP contribution in [0.5, 0.6) is 0 Å². The minimum absolute atomic E-state index is 0.759. The molecule has 0 fully saturated rings. The highest BCUT2D eigenvalue weighted by molar-refractivity contribution is 7.98. The van der Waals surface area contributed by atoms with Gasteiger partial charge in [0.25, 0.3) is 0 Å². The lowest BCUT2D eigenvalue weighted by molar-refractivity contribution is 0.552. The van der Waals surface area contributed by atoms with Crippen LogP contribution in [0.25, 0.3) is 0 Å². The summed E-state index contributed by atoms with van der Waals surface area (Å²) < 4.78 is 0. The molecule has 1 N–H and O–H groups in total. The Labute approximate surface area is 110 Å². The average molecular weight is 251 g/mol. The van der Waals surface area contributed by atoms with Crippen molar-refractivity contribution < 1.29 is 0 Å². The van der Waals surface area contributed by atoms with E-state index in [9.17, 15) is 0 Å². The molecule has 0 aliphatic heterocycles. The Balaban J connectivity index is 2.03. The van der Waals surface area contributed by atoms with Crippen LogP contribution in [0, 0.1) is 12.8 Å². The highest BCUT2D eigenvalue weighted by Gasteiger charge is 1.97. The van der Waals surface area contributed by atoms with E-state index in [2.05, 4.69) is 50.4 Å². The van der Waals surface area contributed by atoms with E-state index in [4.69, 9.17) is 0 Å². The standard InChI is InChI=1S/C15H25NS/c1-13(2)11-16-9-6-10-17-12-15-8-5-4-7-14(15)3/h4-5,7-8,13,16H,6,9-12H2,1-3H3. The molecule has 96 valence electrons. The molecule has 1 rings (SSSR count). The van der Waals surface area contributed by atoms with E-state index in [1.54, 1.807) is 0 Å². The summed E-state index contributed by atoms with van der Waals surface area (Å²) in [5.74, 6) is 3.16. The Morgan fingerprint density at radius 3 is 2.71 bits per heavy atom. The zero-order valence-electron chi connectivity index (χ0n) is 11.3. The molecule has 0 bridgehead atoms. The summed E-state index contributed by atoms with van der Waals surface area (Å²) in [4.78, 5) is 0. The van der Waals surface area contributed by atoms with Crippen LogP contribution in [0.1, 0.15) is 31.4 Å². The number of benzene rings is 1. The topological polar surface area (TPSA) is 12.0 Å². The fourth-order valence-electron chi connectivity index (χ4n) is 1.64. The van der Waals surface area contributed by atoms with Crippen molar-refractivity contribution in [1.29, 1.82) is 0 Å². The van der Waals surface area contributed by atoms with Crippen LogP contribution < -0.4 is 5.32 Å². The lowest BCUT2D eigenvalue weighted by Gasteiger charge is -2.07. The van der Waals surface area contributed by atoms with Crippen molar-refractivity contribution in [1.82, 2.24) is 5.32 Å². The maximum atomic E-state index is 3.48. The first kappa shape index (κ1) is 14.6. The number of thioether (sulfide) groups is 1. The van der Waals surface area contributed by atoms with Crippen molar-refractivity contribution in [3.63, 3.8) is 0 Å². The molecule has 2 heteroatoms. The number of nitrogens with one attached hydrogen (secondary N) is 1. The van der Waals surface area contributed by atoms with E-state index in [1.165, 1.54) is 23.3 Å². The van der Waals surface area contributed by atoms with Gasteiger partial charge in [-0.1, -0.05) is 38.1 Å². The number of rotatable bonds is 8.